The van der Waals surface area contributed by atoms with Crippen molar-refractivity contribution in [2.24, 2.45) is 4.99 Å². The third kappa shape index (κ3) is 6.26. The van der Waals surface area contributed by atoms with Crippen LogP contribution in [0.15, 0.2) is 35.3 Å². The number of esters is 1. The Balaban J connectivity index is 2.65. The van der Waals surface area contributed by atoms with E-state index in [0.29, 0.717) is 17.9 Å². The maximum absolute atomic E-state index is 12.6. The number of nitrogens with zero attached hydrogens (tertiary/aromatic N) is 3. The second kappa shape index (κ2) is 10.4. The van der Waals surface area contributed by atoms with Crippen molar-refractivity contribution in [2.75, 3.05) is 13.7 Å². The molecular formula is C24H32FN3O3. The van der Waals surface area contributed by atoms with Gasteiger partial charge in [-0.25, -0.2) is 9.18 Å². The summed E-state index contributed by atoms with van der Waals surface area (Å²) in [5, 5.41) is 4.51. The van der Waals surface area contributed by atoms with E-state index in [4.69, 9.17) is 9.47 Å². The predicted molar refractivity (Wildman–Crippen MR) is 122 cm³/mol. The van der Waals surface area contributed by atoms with E-state index in [1.165, 1.54) is 5.56 Å². The molecule has 0 fully saturated rings. The summed E-state index contributed by atoms with van der Waals surface area (Å²) < 4.78 is 25.5. The van der Waals surface area contributed by atoms with Gasteiger partial charge < -0.3 is 9.47 Å². The Hall–Kier alpha value is -2.96. The van der Waals surface area contributed by atoms with Crippen molar-refractivity contribution in [3.05, 3.63) is 52.8 Å². The van der Waals surface area contributed by atoms with E-state index in [2.05, 4.69) is 43.0 Å². The van der Waals surface area contributed by atoms with E-state index in [1.807, 2.05) is 32.0 Å². The first-order chi connectivity index (χ1) is 14.6. The molecule has 1 aromatic carbocycles. The lowest BCUT2D eigenvalue weighted by Gasteiger charge is -2.21. The van der Waals surface area contributed by atoms with Crippen LogP contribution in [0.25, 0.3) is 11.3 Å². The molecule has 1 unspecified atom stereocenters. The molecule has 1 heterocycles. The molecule has 2 aromatic rings. The molecule has 0 radical (unpaired) electrons. The number of aromatic nitrogens is 2. The first-order valence-electron chi connectivity index (χ1n) is 10.3. The summed E-state index contributed by atoms with van der Waals surface area (Å²) in [5.41, 5.74) is 4.36. The van der Waals surface area contributed by atoms with Gasteiger partial charge in [0.15, 0.2) is 12.4 Å². The van der Waals surface area contributed by atoms with Crippen molar-refractivity contribution in [3.63, 3.8) is 0 Å². The number of alkyl halides is 1. The molecule has 168 valence electrons. The van der Waals surface area contributed by atoms with Crippen LogP contribution in [-0.2, 0) is 26.2 Å². The van der Waals surface area contributed by atoms with Gasteiger partial charge in [-0.15, -0.1) is 0 Å². The van der Waals surface area contributed by atoms with E-state index in [9.17, 15) is 9.18 Å². The van der Waals surface area contributed by atoms with Gasteiger partial charge in [0.2, 0.25) is 6.29 Å². The van der Waals surface area contributed by atoms with Crippen molar-refractivity contribution in [1.82, 2.24) is 9.78 Å². The summed E-state index contributed by atoms with van der Waals surface area (Å²) in [6, 6.07) is 10.1. The Morgan fingerprint density at radius 3 is 2.42 bits per heavy atom. The maximum Gasteiger partial charge on any atom is 0.340 e. The van der Waals surface area contributed by atoms with Crippen LogP contribution in [0, 0.1) is 6.92 Å². The first-order valence-corrected chi connectivity index (χ1v) is 10.3. The minimum atomic E-state index is -1.21. The Labute approximate surface area is 183 Å². The molecule has 0 saturated heterocycles. The fourth-order valence-electron chi connectivity index (χ4n) is 3.18. The molecule has 0 amide bonds. The van der Waals surface area contributed by atoms with E-state index >= 15 is 0 Å². The average Bonchev–Trinajstić information content (AvgIpc) is 3.10. The standard InChI is InChI=1S/C24H32FN3O3/c1-8-28-21(13-16(2)27-28)23(31-17(3)30-22(29)14-25)20(15-26-7)18-9-11-19(12-10-18)24(4,5)6/h9-13,15,17H,8,14H2,1-7H3/b23-20-,26-15?. The molecule has 0 spiro atoms. The molecule has 7 heteroatoms. The first kappa shape index (κ1) is 24.3. The molecule has 0 aliphatic heterocycles. The lowest BCUT2D eigenvalue weighted by Crippen LogP contribution is -2.20. The summed E-state index contributed by atoms with van der Waals surface area (Å²) >= 11 is 0. The molecule has 0 N–H and O–H groups in total. The molecule has 0 aliphatic rings. The highest BCUT2D eigenvalue weighted by Gasteiger charge is 2.22. The highest BCUT2D eigenvalue weighted by atomic mass is 19.1. The fraction of sp³-hybridized carbons (Fsp3) is 0.458. The quantitative estimate of drug-likeness (QED) is 0.258. The van der Waals surface area contributed by atoms with Gasteiger partial charge in [-0.05, 0) is 36.5 Å². The van der Waals surface area contributed by atoms with Crippen LogP contribution >= 0.6 is 0 Å². The molecule has 0 aliphatic carbocycles. The fourth-order valence-corrected chi connectivity index (χ4v) is 3.18. The van der Waals surface area contributed by atoms with Crippen LogP contribution in [0.3, 0.4) is 0 Å². The van der Waals surface area contributed by atoms with Gasteiger partial charge in [0, 0.05) is 32.3 Å². The third-order valence-corrected chi connectivity index (χ3v) is 4.69. The van der Waals surface area contributed by atoms with Crippen molar-refractivity contribution in [1.29, 1.82) is 0 Å². The number of carbonyl (C=O) groups is 1. The van der Waals surface area contributed by atoms with Crippen LogP contribution < -0.4 is 0 Å². The summed E-state index contributed by atoms with van der Waals surface area (Å²) in [6.07, 6.45) is 0.709. The number of allylic oxidation sites excluding steroid dienone is 1. The second-order valence-electron chi connectivity index (χ2n) is 8.25. The van der Waals surface area contributed by atoms with Crippen molar-refractivity contribution in [3.8, 4) is 0 Å². The van der Waals surface area contributed by atoms with Crippen LogP contribution in [0.1, 0.15) is 57.1 Å². The minimum absolute atomic E-state index is 0.0214. The van der Waals surface area contributed by atoms with E-state index in [1.54, 1.807) is 24.9 Å². The zero-order chi connectivity index (χ0) is 23.2. The molecule has 0 saturated carbocycles. The van der Waals surface area contributed by atoms with Gasteiger partial charge in [0.05, 0.1) is 5.69 Å². The molecule has 0 bridgehead atoms. The van der Waals surface area contributed by atoms with Crippen LogP contribution in [0.2, 0.25) is 0 Å². The smallest absolute Gasteiger partial charge is 0.340 e. The van der Waals surface area contributed by atoms with E-state index in [0.717, 1.165) is 17.0 Å². The largest absolute Gasteiger partial charge is 0.452 e. The van der Waals surface area contributed by atoms with Crippen LogP contribution in [-0.4, -0.2) is 42.0 Å². The van der Waals surface area contributed by atoms with E-state index < -0.39 is 18.9 Å². The molecule has 1 aromatic heterocycles. The summed E-state index contributed by atoms with van der Waals surface area (Å²) in [6.45, 7) is 11.3. The van der Waals surface area contributed by atoms with Gasteiger partial charge in [-0.2, -0.15) is 5.10 Å². The number of carbonyl (C=O) groups excluding carboxylic acids is 1. The predicted octanol–water partition coefficient (Wildman–Crippen LogP) is 4.95. The SMILES string of the molecule is CCn1nc(C)cc1/C(OC(C)OC(=O)CF)=C(\C=NC)c1ccc(C(C)(C)C)cc1. The van der Waals surface area contributed by atoms with Crippen molar-refractivity contribution in [2.45, 2.75) is 59.8 Å². The van der Waals surface area contributed by atoms with Gasteiger partial charge in [0.1, 0.15) is 5.69 Å². The highest BCUT2D eigenvalue weighted by Crippen LogP contribution is 2.30. The Bertz CT molecular complexity index is 953. The molecule has 1 atom stereocenters. The van der Waals surface area contributed by atoms with Gasteiger partial charge in [0.25, 0.3) is 0 Å². The van der Waals surface area contributed by atoms with Crippen LogP contribution in [0.4, 0.5) is 4.39 Å². The normalized spacial score (nSPS) is 13.8. The number of aryl methyl sites for hydroxylation is 2. The van der Waals surface area contributed by atoms with Crippen molar-refractivity contribution >= 4 is 23.5 Å². The van der Waals surface area contributed by atoms with E-state index in [-0.39, 0.29) is 5.41 Å². The average molecular weight is 430 g/mol. The third-order valence-electron chi connectivity index (χ3n) is 4.69. The lowest BCUT2D eigenvalue weighted by atomic mass is 9.86. The van der Waals surface area contributed by atoms with Gasteiger partial charge in [-0.3, -0.25) is 9.67 Å². The number of ether oxygens (including phenoxy) is 2. The molecular weight excluding hydrogens is 397 g/mol. The lowest BCUT2D eigenvalue weighted by molar-refractivity contribution is -0.165. The number of hydrogen-bond acceptors (Lipinski definition) is 5. The van der Waals surface area contributed by atoms with Crippen molar-refractivity contribution < 1.29 is 18.7 Å². The number of aliphatic imine (C=N–C) groups is 1. The summed E-state index contributed by atoms with van der Waals surface area (Å²) in [5.74, 6) is -0.525. The number of hydrogen-bond donors (Lipinski definition) is 0. The Morgan fingerprint density at radius 2 is 1.90 bits per heavy atom. The number of halogens is 1. The Kier molecular flexibility index (Phi) is 8.14. The molecule has 6 nitrogen and oxygen atoms in total. The Morgan fingerprint density at radius 1 is 1.26 bits per heavy atom. The summed E-state index contributed by atoms with van der Waals surface area (Å²) in [7, 11) is 1.68. The second-order valence-corrected chi connectivity index (χ2v) is 8.25. The minimum Gasteiger partial charge on any atom is -0.452 e. The highest BCUT2D eigenvalue weighted by molar-refractivity contribution is 6.18. The van der Waals surface area contributed by atoms with Gasteiger partial charge in [-0.1, -0.05) is 45.0 Å². The number of rotatable bonds is 8. The number of benzene rings is 1. The zero-order valence-corrected chi connectivity index (χ0v) is 19.4. The monoisotopic (exact) mass is 429 g/mol. The topological polar surface area (TPSA) is 65.7 Å². The van der Waals surface area contributed by atoms with Gasteiger partial charge >= 0.3 is 5.97 Å². The zero-order valence-electron chi connectivity index (χ0n) is 19.4. The molecule has 2 rings (SSSR count). The molecule has 31 heavy (non-hydrogen) atoms. The maximum atomic E-state index is 12.6. The summed E-state index contributed by atoms with van der Waals surface area (Å²) in [4.78, 5) is 15.6. The van der Waals surface area contributed by atoms with Crippen LogP contribution in [0.5, 0.6) is 0 Å².